The molecule has 1 unspecified atom stereocenters. The maximum absolute atomic E-state index is 12.7. The number of aromatic nitrogens is 5. The first-order chi connectivity index (χ1) is 12.6. The van der Waals surface area contributed by atoms with Gasteiger partial charge in [-0.2, -0.15) is 5.10 Å². The molecule has 0 aromatic carbocycles. The summed E-state index contributed by atoms with van der Waals surface area (Å²) >= 11 is 0. The van der Waals surface area contributed by atoms with Crippen molar-refractivity contribution < 1.29 is 4.79 Å². The van der Waals surface area contributed by atoms with E-state index in [4.69, 9.17) is 0 Å². The summed E-state index contributed by atoms with van der Waals surface area (Å²) in [7, 11) is 1.84. The van der Waals surface area contributed by atoms with Gasteiger partial charge in [0.2, 0.25) is 5.91 Å². The zero-order chi connectivity index (χ0) is 18.1. The Bertz CT molecular complexity index is 938. The predicted molar refractivity (Wildman–Crippen MR) is 97.6 cm³/mol. The van der Waals surface area contributed by atoms with Crippen LogP contribution in [0.2, 0.25) is 0 Å². The van der Waals surface area contributed by atoms with Crippen LogP contribution in [0.15, 0.2) is 43.0 Å². The van der Waals surface area contributed by atoms with Crippen molar-refractivity contribution in [2.45, 2.75) is 19.4 Å². The lowest BCUT2D eigenvalue weighted by Crippen LogP contribution is -2.33. The van der Waals surface area contributed by atoms with Crippen LogP contribution in [0.25, 0.3) is 11.4 Å². The minimum Gasteiger partial charge on any atom is -0.358 e. The Morgan fingerprint density at radius 3 is 2.88 bits per heavy atom. The van der Waals surface area contributed by atoms with E-state index in [2.05, 4.69) is 25.4 Å². The number of rotatable bonds is 4. The maximum atomic E-state index is 12.7. The summed E-state index contributed by atoms with van der Waals surface area (Å²) in [5.74, 6) is 1.26. The highest BCUT2D eigenvalue weighted by Gasteiger charge is 2.33. The zero-order valence-corrected chi connectivity index (χ0v) is 14.6. The van der Waals surface area contributed by atoms with Gasteiger partial charge in [-0.15, -0.1) is 0 Å². The van der Waals surface area contributed by atoms with E-state index in [0.717, 1.165) is 16.9 Å². The highest BCUT2D eigenvalue weighted by molar-refractivity contribution is 6.00. The van der Waals surface area contributed by atoms with Crippen molar-refractivity contribution in [3.05, 3.63) is 48.7 Å². The molecule has 4 rings (SSSR count). The number of nitrogens with zero attached hydrogens (tertiary/aromatic N) is 6. The number of carbonyl (C=O) groups excluding carboxylic acids is 1. The molecule has 4 heterocycles. The third-order valence-electron chi connectivity index (χ3n) is 4.30. The van der Waals surface area contributed by atoms with Crippen molar-refractivity contribution in [1.82, 2.24) is 24.7 Å². The Morgan fingerprint density at radius 2 is 2.15 bits per heavy atom. The lowest BCUT2D eigenvalue weighted by molar-refractivity contribution is -0.117. The Morgan fingerprint density at radius 1 is 1.27 bits per heavy atom. The largest absolute Gasteiger partial charge is 0.358 e. The molecule has 1 saturated heterocycles. The van der Waals surface area contributed by atoms with Crippen LogP contribution in [0.5, 0.6) is 0 Å². The molecule has 0 aliphatic carbocycles. The highest BCUT2D eigenvalue weighted by Crippen LogP contribution is 2.24. The number of hydrogen-bond acceptors (Lipinski definition) is 6. The van der Waals surface area contributed by atoms with Gasteiger partial charge in [-0.1, -0.05) is 0 Å². The van der Waals surface area contributed by atoms with Crippen molar-refractivity contribution in [2.75, 3.05) is 16.8 Å². The Labute approximate surface area is 150 Å². The molecule has 8 heteroatoms. The van der Waals surface area contributed by atoms with Crippen LogP contribution < -0.4 is 10.2 Å². The average molecular weight is 349 g/mol. The molecule has 26 heavy (non-hydrogen) atoms. The van der Waals surface area contributed by atoms with Gasteiger partial charge in [0, 0.05) is 49.5 Å². The standard InChI is InChI=1S/C18H19N7O/c1-12-8-16(23-17(21-12)13-4-3-6-19-9-13)22-15-5-7-25(18(15)26)14-10-20-24(2)11-14/h3-4,6,8-11,15H,5,7H2,1-2H3,(H,21,22,23). The van der Waals surface area contributed by atoms with Crippen molar-refractivity contribution >= 4 is 17.4 Å². The van der Waals surface area contributed by atoms with Gasteiger partial charge in [-0.05, 0) is 25.5 Å². The van der Waals surface area contributed by atoms with Gasteiger partial charge in [0.25, 0.3) is 0 Å². The summed E-state index contributed by atoms with van der Waals surface area (Å²) in [4.78, 5) is 27.6. The van der Waals surface area contributed by atoms with E-state index in [-0.39, 0.29) is 11.9 Å². The second kappa shape index (κ2) is 6.55. The summed E-state index contributed by atoms with van der Waals surface area (Å²) in [6, 6.07) is 5.29. The molecule has 3 aromatic heterocycles. The lowest BCUT2D eigenvalue weighted by atomic mass is 10.2. The summed E-state index contributed by atoms with van der Waals surface area (Å²) in [5.41, 5.74) is 2.49. The van der Waals surface area contributed by atoms with Gasteiger partial charge in [-0.25, -0.2) is 9.97 Å². The Balaban J connectivity index is 1.54. The topological polar surface area (TPSA) is 88.8 Å². The second-order valence-corrected chi connectivity index (χ2v) is 6.31. The van der Waals surface area contributed by atoms with Gasteiger partial charge in [-0.3, -0.25) is 14.5 Å². The SMILES string of the molecule is Cc1cc(NC2CCN(c3cnn(C)c3)C2=O)nc(-c2cccnc2)n1. The molecule has 0 radical (unpaired) electrons. The first kappa shape index (κ1) is 16.2. The molecule has 1 fully saturated rings. The van der Waals surface area contributed by atoms with Crippen LogP contribution in [0.3, 0.4) is 0 Å². The van der Waals surface area contributed by atoms with E-state index >= 15 is 0 Å². The average Bonchev–Trinajstić information content (AvgIpc) is 3.21. The van der Waals surface area contributed by atoms with Crippen LogP contribution in [0, 0.1) is 6.92 Å². The van der Waals surface area contributed by atoms with Crippen LogP contribution in [-0.2, 0) is 11.8 Å². The van der Waals surface area contributed by atoms with Gasteiger partial charge in [0.15, 0.2) is 5.82 Å². The van der Waals surface area contributed by atoms with E-state index in [0.29, 0.717) is 24.6 Å². The monoisotopic (exact) mass is 349 g/mol. The number of aryl methyl sites for hydroxylation is 2. The molecule has 1 N–H and O–H groups in total. The van der Waals surface area contributed by atoms with Crippen molar-refractivity contribution in [3.63, 3.8) is 0 Å². The van der Waals surface area contributed by atoms with E-state index < -0.39 is 0 Å². The Hall–Kier alpha value is -3.29. The first-order valence-corrected chi connectivity index (χ1v) is 8.43. The number of amides is 1. The molecule has 1 atom stereocenters. The maximum Gasteiger partial charge on any atom is 0.249 e. The zero-order valence-electron chi connectivity index (χ0n) is 14.6. The molecule has 3 aromatic rings. The summed E-state index contributed by atoms with van der Waals surface area (Å²) < 4.78 is 1.69. The minimum atomic E-state index is -0.314. The summed E-state index contributed by atoms with van der Waals surface area (Å²) in [6.45, 7) is 2.56. The smallest absolute Gasteiger partial charge is 0.249 e. The normalized spacial score (nSPS) is 16.9. The van der Waals surface area contributed by atoms with E-state index in [1.54, 1.807) is 28.2 Å². The highest BCUT2D eigenvalue weighted by atomic mass is 16.2. The molecule has 132 valence electrons. The van der Waals surface area contributed by atoms with E-state index in [1.165, 1.54) is 0 Å². The fourth-order valence-corrected chi connectivity index (χ4v) is 3.06. The fourth-order valence-electron chi connectivity index (χ4n) is 3.06. The molecule has 0 spiro atoms. The number of carbonyl (C=O) groups is 1. The number of pyridine rings is 1. The van der Waals surface area contributed by atoms with Gasteiger partial charge < -0.3 is 10.2 Å². The van der Waals surface area contributed by atoms with Crippen molar-refractivity contribution in [3.8, 4) is 11.4 Å². The van der Waals surface area contributed by atoms with E-state index in [9.17, 15) is 4.79 Å². The molecule has 0 saturated carbocycles. The van der Waals surface area contributed by atoms with Crippen LogP contribution in [0.4, 0.5) is 11.5 Å². The molecule has 0 bridgehead atoms. The summed E-state index contributed by atoms with van der Waals surface area (Å²) in [5, 5.41) is 7.40. The quantitative estimate of drug-likeness (QED) is 0.773. The first-order valence-electron chi connectivity index (χ1n) is 8.43. The molecule has 1 aliphatic rings. The van der Waals surface area contributed by atoms with Crippen LogP contribution in [0.1, 0.15) is 12.1 Å². The molecular weight excluding hydrogens is 330 g/mol. The van der Waals surface area contributed by atoms with Crippen LogP contribution in [-0.4, -0.2) is 43.2 Å². The Kier molecular flexibility index (Phi) is 4.08. The van der Waals surface area contributed by atoms with Crippen molar-refractivity contribution in [2.24, 2.45) is 7.05 Å². The van der Waals surface area contributed by atoms with Gasteiger partial charge in [0.1, 0.15) is 11.9 Å². The number of nitrogens with one attached hydrogen (secondary N) is 1. The molecular formula is C18H19N7O. The molecule has 8 nitrogen and oxygen atoms in total. The van der Waals surface area contributed by atoms with E-state index in [1.807, 2.05) is 38.4 Å². The number of anilines is 2. The molecule has 1 aliphatic heterocycles. The second-order valence-electron chi connectivity index (χ2n) is 6.31. The minimum absolute atomic E-state index is 0.0252. The summed E-state index contributed by atoms with van der Waals surface area (Å²) in [6.07, 6.45) is 7.69. The van der Waals surface area contributed by atoms with Crippen LogP contribution >= 0.6 is 0 Å². The predicted octanol–water partition coefficient (Wildman–Crippen LogP) is 1.80. The molecule has 1 amide bonds. The third kappa shape index (κ3) is 3.13. The van der Waals surface area contributed by atoms with Crippen molar-refractivity contribution in [1.29, 1.82) is 0 Å². The van der Waals surface area contributed by atoms with Gasteiger partial charge >= 0.3 is 0 Å². The number of hydrogen-bond donors (Lipinski definition) is 1. The lowest BCUT2D eigenvalue weighted by Gasteiger charge is -2.16. The fraction of sp³-hybridized carbons (Fsp3) is 0.278. The third-order valence-corrected chi connectivity index (χ3v) is 4.30. The van der Waals surface area contributed by atoms with Gasteiger partial charge in [0.05, 0.1) is 11.9 Å².